The molecule has 0 saturated heterocycles. The van der Waals surface area contributed by atoms with Crippen LogP contribution in [0.4, 0.5) is 0 Å². The van der Waals surface area contributed by atoms with Gasteiger partial charge in [-0.15, -0.1) is 0 Å². The Balaban J connectivity index is 1.84. The van der Waals surface area contributed by atoms with E-state index >= 15 is 0 Å². The number of amides is 2. The Labute approximate surface area is 159 Å². The van der Waals surface area contributed by atoms with Crippen LogP contribution in [0.15, 0.2) is 42.5 Å². The minimum absolute atomic E-state index is 0.108. The monoisotopic (exact) mass is 368 g/mol. The molecule has 0 fully saturated rings. The molecule has 0 spiro atoms. The zero-order valence-electron chi connectivity index (χ0n) is 15.8. The molecule has 2 aromatic rings. The number of nitrogens with one attached hydrogen (secondary N) is 1. The number of methoxy groups -OCH3 is 2. The largest absolute Gasteiger partial charge is 0.493 e. The first kappa shape index (κ1) is 18.8. The zero-order valence-corrected chi connectivity index (χ0v) is 15.8. The minimum atomic E-state index is -0.621. The van der Waals surface area contributed by atoms with Crippen molar-refractivity contribution in [1.29, 1.82) is 0 Å². The Morgan fingerprint density at radius 3 is 2.59 bits per heavy atom. The zero-order chi connectivity index (χ0) is 19.4. The van der Waals surface area contributed by atoms with Gasteiger partial charge in [-0.1, -0.05) is 36.4 Å². The molecular weight excluding hydrogens is 344 g/mol. The van der Waals surface area contributed by atoms with Gasteiger partial charge in [-0.2, -0.15) is 0 Å². The van der Waals surface area contributed by atoms with Crippen molar-refractivity contribution < 1.29 is 19.1 Å². The van der Waals surface area contributed by atoms with Gasteiger partial charge in [-0.05, 0) is 23.6 Å². The first-order chi connectivity index (χ1) is 13.1. The Bertz CT molecular complexity index is 850. The van der Waals surface area contributed by atoms with Crippen LogP contribution in [-0.2, 0) is 22.6 Å². The summed E-state index contributed by atoms with van der Waals surface area (Å²) in [6, 6.07) is 12.7. The SMILES string of the molecule is COc1cccc(CNC(=O)[C@H]2c3ccccc3CCN2C(C)=O)c1OC. The fraction of sp³-hybridized carbons (Fsp3) is 0.333. The second-order valence-electron chi connectivity index (χ2n) is 6.43. The molecule has 0 unspecified atom stereocenters. The number of rotatable bonds is 5. The third-order valence-corrected chi connectivity index (χ3v) is 4.87. The number of benzene rings is 2. The van der Waals surface area contributed by atoms with Crippen LogP contribution in [0.25, 0.3) is 0 Å². The van der Waals surface area contributed by atoms with Gasteiger partial charge in [0, 0.05) is 25.6 Å². The number of carbonyl (C=O) groups excluding carboxylic acids is 2. The molecule has 2 amide bonds. The van der Waals surface area contributed by atoms with Crippen LogP contribution in [0.3, 0.4) is 0 Å². The van der Waals surface area contributed by atoms with Gasteiger partial charge in [0.05, 0.1) is 14.2 Å². The van der Waals surface area contributed by atoms with Crippen molar-refractivity contribution in [3.63, 3.8) is 0 Å². The van der Waals surface area contributed by atoms with E-state index in [0.29, 0.717) is 18.0 Å². The smallest absolute Gasteiger partial charge is 0.247 e. The third kappa shape index (κ3) is 3.74. The van der Waals surface area contributed by atoms with E-state index in [9.17, 15) is 9.59 Å². The van der Waals surface area contributed by atoms with Crippen molar-refractivity contribution in [2.75, 3.05) is 20.8 Å². The summed E-state index contributed by atoms with van der Waals surface area (Å²) in [5, 5.41) is 2.95. The minimum Gasteiger partial charge on any atom is -0.493 e. The average molecular weight is 368 g/mol. The summed E-state index contributed by atoms with van der Waals surface area (Å²) in [6.07, 6.45) is 0.753. The van der Waals surface area contributed by atoms with Crippen LogP contribution in [0.5, 0.6) is 11.5 Å². The van der Waals surface area contributed by atoms with E-state index in [0.717, 1.165) is 23.1 Å². The number of fused-ring (bicyclic) bond motifs is 1. The standard InChI is InChI=1S/C21H24N2O4/c1-14(24)23-12-11-15-7-4-5-9-17(15)19(23)21(25)22-13-16-8-6-10-18(26-2)20(16)27-3/h4-10,19H,11-13H2,1-3H3,(H,22,25)/t19-/m1/s1. The molecule has 0 saturated carbocycles. The van der Waals surface area contributed by atoms with E-state index in [1.165, 1.54) is 6.92 Å². The molecule has 1 heterocycles. The van der Waals surface area contributed by atoms with Gasteiger partial charge < -0.3 is 19.7 Å². The molecule has 0 aliphatic carbocycles. The lowest BCUT2D eigenvalue weighted by Crippen LogP contribution is -2.46. The Hall–Kier alpha value is -3.02. The summed E-state index contributed by atoms with van der Waals surface area (Å²) in [5.41, 5.74) is 2.80. The number of carbonyl (C=O) groups is 2. The van der Waals surface area contributed by atoms with Crippen molar-refractivity contribution >= 4 is 11.8 Å². The number of para-hydroxylation sites is 1. The maximum Gasteiger partial charge on any atom is 0.247 e. The van der Waals surface area contributed by atoms with Crippen molar-refractivity contribution in [2.24, 2.45) is 0 Å². The van der Waals surface area contributed by atoms with Gasteiger partial charge in [-0.25, -0.2) is 0 Å². The highest BCUT2D eigenvalue weighted by Crippen LogP contribution is 2.32. The topological polar surface area (TPSA) is 67.9 Å². The molecule has 3 rings (SSSR count). The average Bonchev–Trinajstić information content (AvgIpc) is 2.70. The Kier molecular flexibility index (Phi) is 5.64. The first-order valence-electron chi connectivity index (χ1n) is 8.89. The van der Waals surface area contributed by atoms with Crippen molar-refractivity contribution in [3.05, 3.63) is 59.2 Å². The summed E-state index contributed by atoms with van der Waals surface area (Å²) in [7, 11) is 3.14. The van der Waals surface area contributed by atoms with Gasteiger partial charge in [0.25, 0.3) is 0 Å². The van der Waals surface area contributed by atoms with E-state index in [-0.39, 0.29) is 18.4 Å². The highest BCUT2D eigenvalue weighted by molar-refractivity contribution is 5.89. The number of nitrogens with zero attached hydrogens (tertiary/aromatic N) is 1. The molecule has 0 aromatic heterocycles. The molecule has 142 valence electrons. The molecule has 1 atom stereocenters. The maximum atomic E-state index is 13.0. The van der Waals surface area contributed by atoms with Gasteiger partial charge in [0.15, 0.2) is 11.5 Å². The number of hydrogen-bond acceptors (Lipinski definition) is 4. The first-order valence-corrected chi connectivity index (χ1v) is 8.89. The fourth-order valence-electron chi connectivity index (χ4n) is 3.56. The summed E-state index contributed by atoms with van der Waals surface area (Å²) >= 11 is 0. The van der Waals surface area contributed by atoms with E-state index in [4.69, 9.17) is 9.47 Å². The van der Waals surface area contributed by atoms with E-state index in [1.807, 2.05) is 36.4 Å². The van der Waals surface area contributed by atoms with Crippen LogP contribution in [0, 0.1) is 0 Å². The highest BCUT2D eigenvalue weighted by atomic mass is 16.5. The van der Waals surface area contributed by atoms with Gasteiger partial charge in [-0.3, -0.25) is 9.59 Å². The lowest BCUT2D eigenvalue weighted by atomic mass is 9.92. The third-order valence-electron chi connectivity index (χ3n) is 4.87. The Morgan fingerprint density at radius 2 is 1.89 bits per heavy atom. The summed E-state index contributed by atoms with van der Waals surface area (Å²) in [4.78, 5) is 26.7. The lowest BCUT2D eigenvalue weighted by Gasteiger charge is -2.35. The lowest BCUT2D eigenvalue weighted by molar-refractivity contribution is -0.139. The molecule has 1 aliphatic rings. The summed E-state index contributed by atoms with van der Waals surface area (Å²) in [5.74, 6) is 0.885. The van der Waals surface area contributed by atoms with Gasteiger partial charge in [0.2, 0.25) is 11.8 Å². The fourth-order valence-corrected chi connectivity index (χ4v) is 3.56. The van der Waals surface area contributed by atoms with Crippen LogP contribution >= 0.6 is 0 Å². The maximum absolute atomic E-state index is 13.0. The second kappa shape index (κ2) is 8.12. The van der Waals surface area contributed by atoms with Crippen molar-refractivity contribution in [2.45, 2.75) is 25.9 Å². The second-order valence-corrected chi connectivity index (χ2v) is 6.43. The number of hydrogen-bond donors (Lipinski definition) is 1. The van der Waals surface area contributed by atoms with Crippen LogP contribution < -0.4 is 14.8 Å². The number of ether oxygens (including phenoxy) is 2. The summed E-state index contributed by atoms with van der Waals surface area (Å²) < 4.78 is 10.7. The predicted molar refractivity (Wildman–Crippen MR) is 102 cm³/mol. The normalized spacial score (nSPS) is 15.7. The molecule has 1 aliphatic heterocycles. The molecule has 6 nitrogen and oxygen atoms in total. The molecule has 0 bridgehead atoms. The summed E-state index contributed by atoms with van der Waals surface area (Å²) in [6.45, 7) is 2.32. The predicted octanol–water partition coefficient (Wildman–Crippen LogP) is 2.47. The Morgan fingerprint density at radius 1 is 1.11 bits per heavy atom. The van der Waals surface area contributed by atoms with Crippen LogP contribution in [0.1, 0.15) is 29.7 Å². The van der Waals surface area contributed by atoms with Crippen LogP contribution in [-0.4, -0.2) is 37.5 Å². The molecule has 6 heteroatoms. The molecule has 0 radical (unpaired) electrons. The van der Waals surface area contributed by atoms with Gasteiger partial charge in [0.1, 0.15) is 6.04 Å². The van der Waals surface area contributed by atoms with E-state index < -0.39 is 6.04 Å². The van der Waals surface area contributed by atoms with Crippen LogP contribution in [0.2, 0.25) is 0 Å². The van der Waals surface area contributed by atoms with E-state index in [1.54, 1.807) is 25.2 Å². The molecule has 27 heavy (non-hydrogen) atoms. The quantitative estimate of drug-likeness (QED) is 0.880. The van der Waals surface area contributed by atoms with Crippen molar-refractivity contribution in [3.8, 4) is 11.5 Å². The molecule has 1 N–H and O–H groups in total. The van der Waals surface area contributed by atoms with Gasteiger partial charge >= 0.3 is 0 Å². The highest BCUT2D eigenvalue weighted by Gasteiger charge is 2.34. The van der Waals surface area contributed by atoms with Crippen molar-refractivity contribution in [1.82, 2.24) is 10.2 Å². The molecular formula is C21H24N2O4. The van der Waals surface area contributed by atoms with E-state index in [2.05, 4.69) is 5.32 Å². The molecule has 2 aromatic carbocycles.